The molecule has 1 fully saturated rings. The summed E-state index contributed by atoms with van der Waals surface area (Å²) in [7, 11) is 1.43. The third kappa shape index (κ3) is 2.45. The lowest BCUT2D eigenvalue weighted by molar-refractivity contribution is -0.145. The summed E-state index contributed by atoms with van der Waals surface area (Å²) in [5.74, 6) is -0.201. The van der Waals surface area contributed by atoms with E-state index in [9.17, 15) is 4.79 Å². The van der Waals surface area contributed by atoms with E-state index in [0.717, 1.165) is 22.7 Å². The Labute approximate surface area is 106 Å². The Morgan fingerprint density at radius 2 is 2.24 bits per heavy atom. The summed E-state index contributed by atoms with van der Waals surface area (Å²) < 4.78 is 4.83. The average molecular weight is 254 g/mol. The fourth-order valence-corrected chi connectivity index (χ4v) is 2.71. The van der Waals surface area contributed by atoms with Crippen LogP contribution in [0.5, 0.6) is 0 Å². The Bertz CT molecular complexity index is 433. The number of halogens is 1. The van der Waals surface area contributed by atoms with Crippen molar-refractivity contribution in [3.63, 3.8) is 0 Å². The largest absolute Gasteiger partial charge is 0.469 e. The first-order chi connectivity index (χ1) is 8.13. The molecule has 3 nitrogen and oxygen atoms in total. The van der Waals surface area contributed by atoms with Crippen molar-refractivity contribution in [3.8, 4) is 0 Å². The molecule has 1 aromatic rings. The predicted molar refractivity (Wildman–Crippen MR) is 67.3 cm³/mol. The Balaban J connectivity index is 2.29. The van der Waals surface area contributed by atoms with Crippen LogP contribution in [0.15, 0.2) is 18.2 Å². The van der Waals surface area contributed by atoms with Crippen molar-refractivity contribution in [2.75, 3.05) is 20.2 Å². The third-order valence-electron chi connectivity index (χ3n) is 3.27. The average Bonchev–Trinajstić information content (AvgIpc) is 2.77. The van der Waals surface area contributed by atoms with Gasteiger partial charge in [-0.3, -0.25) is 4.79 Å². The van der Waals surface area contributed by atoms with Gasteiger partial charge in [-0.1, -0.05) is 23.7 Å². The van der Waals surface area contributed by atoms with Gasteiger partial charge in [-0.05, 0) is 24.1 Å². The van der Waals surface area contributed by atoms with Gasteiger partial charge in [0.15, 0.2) is 0 Å². The van der Waals surface area contributed by atoms with Crippen LogP contribution in [-0.4, -0.2) is 26.2 Å². The predicted octanol–water partition coefficient (Wildman–Crippen LogP) is 2.12. The summed E-state index contributed by atoms with van der Waals surface area (Å²) in [6.45, 7) is 3.42. The van der Waals surface area contributed by atoms with E-state index < -0.39 is 0 Å². The maximum Gasteiger partial charge on any atom is 0.310 e. The van der Waals surface area contributed by atoms with Gasteiger partial charge < -0.3 is 10.1 Å². The Kier molecular flexibility index (Phi) is 3.69. The summed E-state index contributed by atoms with van der Waals surface area (Å²) >= 11 is 6.24. The monoisotopic (exact) mass is 253 g/mol. The zero-order chi connectivity index (χ0) is 12.4. The fraction of sp³-hybridized carbons (Fsp3) is 0.462. The molecule has 1 aliphatic heterocycles. The second-order valence-electron chi connectivity index (χ2n) is 4.42. The summed E-state index contributed by atoms with van der Waals surface area (Å²) in [4.78, 5) is 11.7. The van der Waals surface area contributed by atoms with Gasteiger partial charge in [-0.2, -0.15) is 0 Å². The first-order valence-corrected chi connectivity index (χ1v) is 6.06. The molecule has 92 valence electrons. The van der Waals surface area contributed by atoms with E-state index in [1.54, 1.807) is 0 Å². The van der Waals surface area contributed by atoms with Gasteiger partial charge in [0, 0.05) is 24.0 Å². The third-order valence-corrected chi connectivity index (χ3v) is 3.60. The molecule has 0 bridgehead atoms. The minimum atomic E-state index is -0.170. The second-order valence-corrected chi connectivity index (χ2v) is 4.83. The number of aryl methyl sites for hydroxylation is 1. The van der Waals surface area contributed by atoms with Crippen LogP contribution in [0.2, 0.25) is 5.02 Å². The van der Waals surface area contributed by atoms with Gasteiger partial charge in [0.05, 0.1) is 13.0 Å². The quantitative estimate of drug-likeness (QED) is 0.821. The summed E-state index contributed by atoms with van der Waals surface area (Å²) in [5, 5.41) is 3.95. The summed E-state index contributed by atoms with van der Waals surface area (Å²) in [5.41, 5.74) is 2.15. The van der Waals surface area contributed by atoms with Crippen LogP contribution in [0, 0.1) is 12.8 Å². The van der Waals surface area contributed by atoms with Crippen molar-refractivity contribution < 1.29 is 9.53 Å². The molecular formula is C13H16ClNO2. The lowest BCUT2D eigenvalue weighted by Gasteiger charge is -2.18. The highest BCUT2D eigenvalue weighted by molar-refractivity contribution is 6.31. The molecule has 0 aliphatic carbocycles. The molecule has 0 saturated carbocycles. The highest BCUT2D eigenvalue weighted by atomic mass is 35.5. The summed E-state index contributed by atoms with van der Waals surface area (Å²) in [6, 6.07) is 5.96. The number of carbonyl (C=O) groups excluding carboxylic acids is 1. The van der Waals surface area contributed by atoms with Crippen molar-refractivity contribution in [1.29, 1.82) is 0 Å². The van der Waals surface area contributed by atoms with Gasteiger partial charge in [0.25, 0.3) is 0 Å². The number of benzene rings is 1. The van der Waals surface area contributed by atoms with Crippen LogP contribution in [0.3, 0.4) is 0 Å². The van der Waals surface area contributed by atoms with E-state index >= 15 is 0 Å². The van der Waals surface area contributed by atoms with Crippen LogP contribution >= 0.6 is 11.6 Å². The van der Waals surface area contributed by atoms with Crippen molar-refractivity contribution in [2.24, 2.45) is 5.92 Å². The second kappa shape index (κ2) is 5.07. The highest BCUT2D eigenvalue weighted by Crippen LogP contribution is 2.33. The molecule has 2 atom stereocenters. The molecule has 1 N–H and O–H groups in total. The van der Waals surface area contributed by atoms with Gasteiger partial charge in [-0.15, -0.1) is 0 Å². The van der Waals surface area contributed by atoms with Crippen LogP contribution in [0.1, 0.15) is 17.0 Å². The molecule has 1 heterocycles. The van der Waals surface area contributed by atoms with Gasteiger partial charge in [-0.25, -0.2) is 0 Å². The molecule has 4 heteroatoms. The number of hydrogen-bond donors (Lipinski definition) is 1. The highest BCUT2D eigenvalue weighted by Gasteiger charge is 2.35. The number of carbonyl (C=O) groups is 1. The van der Waals surface area contributed by atoms with E-state index in [2.05, 4.69) is 5.32 Å². The maximum absolute atomic E-state index is 11.7. The topological polar surface area (TPSA) is 38.3 Å². The number of ether oxygens (including phenoxy) is 1. The van der Waals surface area contributed by atoms with Crippen LogP contribution in [-0.2, 0) is 9.53 Å². The Morgan fingerprint density at radius 1 is 1.47 bits per heavy atom. The number of rotatable bonds is 2. The fourth-order valence-electron chi connectivity index (χ4n) is 2.34. The maximum atomic E-state index is 11.7. The van der Waals surface area contributed by atoms with E-state index in [4.69, 9.17) is 16.3 Å². The zero-order valence-corrected chi connectivity index (χ0v) is 10.8. The molecule has 0 unspecified atom stereocenters. The van der Waals surface area contributed by atoms with Crippen molar-refractivity contribution in [1.82, 2.24) is 5.32 Å². The molecule has 17 heavy (non-hydrogen) atoms. The minimum Gasteiger partial charge on any atom is -0.469 e. The van der Waals surface area contributed by atoms with E-state index in [-0.39, 0.29) is 17.8 Å². The van der Waals surface area contributed by atoms with E-state index in [0.29, 0.717) is 6.54 Å². The standard InChI is InChI=1S/C13H16ClNO2/c1-8-3-4-9(12(14)5-8)10-6-15-7-11(10)13(16)17-2/h3-5,10-11,15H,6-7H2,1-2H3/t10-,11-/m0/s1. The van der Waals surface area contributed by atoms with Crippen LogP contribution in [0.4, 0.5) is 0 Å². The molecule has 2 rings (SSSR count). The lowest BCUT2D eigenvalue weighted by Crippen LogP contribution is -2.23. The first-order valence-electron chi connectivity index (χ1n) is 5.68. The SMILES string of the molecule is COC(=O)[C@H]1CNC[C@H]1c1ccc(C)cc1Cl. The Hall–Kier alpha value is -1.06. The van der Waals surface area contributed by atoms with Crippen molar-refractivity contribution in [3.05, 3.63) is 34.3 Å². The van der Waals surface area contributed by atoms with Gasteiger partial charge in [0.1, 0.15) is 0 Å². The van der Waals surface area contributed by atoms with Crippen molar-refractivity contribution in [2.45, 2.75) is 12.8 Å². The van der Waals surface area contributed by atoms with E-state index in [1.165, 1.54) is 7.11 Å². The van der Waals surface area contributed by atoms with E-state index in [1.807, 2.05) is 25.1 Å². The number of esters is 1. The first kappa shape index (κ1) is 12.4. The Morgan fingerprint density at radius 3 is 2.88 bits per heavy atom. The number of hydrogen-bond acceptors (Lipinski definition) is 3. The molecule has 0 radical (unpaired) electrons. The molecule has 0 spiro atoms. The molecule has 1 aliphatic rings. The number of methoxy groups -OCH3 is 1. The number of nitrogens with one attached hydrogen (secondary N) is 1. The minimum absolute atomic E-state index is 0.107. The summed E-state index contributed by atoms with van der Waals surface area (Å²) in [6.07, 6.45) is 0. The molecule has 1 saturated heterocycles. The molecular weight excluding hydrogens is 238 g/mol. The van der Waals surface area contributed by atoms with Gasteiger partial charge >= 0.3 is 5.97 Å². The zero-order valence-electron chi connectivity index (χ0n) is 10.00. The van der Waals surface area contributed by atoms with Crippen molar-refractivity contribution >= 4 is 17.6 Å². The molecule has 1 aromatic carbocycles. The molecule has 0 aromatic heterocycles. The normalized spacial score (nSPS) is 23.7. The van der Waals surface area contributed by atoms with Crippen LogP contribution in [0.25, 0.3) is 0 Å². The van der Waals surface area contributed by atoms with Crippen LogP contribution < -0.4 is 5.32 Å². The smallest absolute Gasteiger partial charge is 0.310 e. The van der Waals surface area contributed by atoms with Gasteiger partial charge in [0.2, 0.25) is 0 Å². The lowest BCUT2D eigenvalue weighted by atomic mass is 9.88. The molecule has 0 amide bonds.